The van der Waals surface area contributed by atoms with Crippen LogP contribution in [0.3, 0.4) is 0 Å². The molecule has 0 spiro atoms. The molecule has 4 atom stereocenters. The summed E-state index contributed by atoms with van der Waals surface area (Å²) in [5.74, 6) is -0.444. The van der Waals surface area contributed by atoms with Crippen molar-refractivity contribution in [1.29, 1.82) is 0 Å². The van der Waals surface area contributed by atoms with Gasteiger partial charge >= 0.3 is 0 Å². The van der Waals surface area contributed by atoms with Crippen molar-refractivity contribution < 1.29 is 28.2 Å². The van der Waals surface area contributed by atoms with E-state index in [4.69, 9.17) is 11.6 Å². The number of pyridine rings is 1. The smallest absolute Gasteiger partial charge is 0.276 e. The van der Waals surface area contributed by atoms with Crippen LogP contribution in [0.4, 0.5) is 0 Å². The van der Waals surface area contributed by atoms with Gasteiger partial charge in [-0.2, -0.15) is 9.04 Å². The van der Waals surface area contributed by atoms with Gasteiger partial charge in [0.2, 0.25) is 10.0 Å². The SMILES string of the molecule is O=C(c1cnc(-c2cc[n+]([O-])cc2)nn1)N1C2CN(S(=O)(=O)c3ccc4cc(Cl)ccc4c3)CC1C(O)C2O. The van der Waals surface area contributed by atoms with Gasteiger partial charge in [-0.1, -0.05) is 23.7 Å². The first-order chi connectivity index (χ1) is 18.6. The van der Waals surface area contributed by atoms with Gasteiger partial charge in [0.25, 0.3) is 5.91 Å². The first-order valence-corrected chi connectivity index (χ1v) is 13.7. The molecule has 2 N–H and O–H groups in total. The summed E-state index contributed by atoms with van der Waals surface area (Å²) in [5.41, 5.74) is 0.393. The van der Waals surface area contributed by atoms with E-state index in [2.05, 4.69) is 15.2 Å². The van der Waals surface area contributed by atoms with Crippen molar-refractivity contribution in [3.8, 4) is 11.4 Å². The molecule has 2 aromatic heterocycles. The molecule has 2 aliphatic rings. The van der Waals surface area contributed by atoms with Gasteiger partial charge in [-0.25, -0.2) is 13.4 Å². The minimum absolute atomic E-state index is 0.0505. The second kappa shape index (κ2) is 9.47. The highest BCUT2D eigenvalue weighted by Gasteiger charge is 2.56. The van der Waals surface area contributed by atoms with Crippen molar-refractivity contribution in [3.05, 3.63) is 83.0 Å². The number of piperazine rings is 1. The Labute approximate surface area is 227 Å². The van der Waals surface area contributed by atoms with Crippen LogP contribution in [0.5, 0.6) is 0 Å². The number of amides is 1. The van der Waals surface area contributed by atoms with Gasteiger partial charge < -0.3 is 20.3 Å². The van der Waals surface area contributed by atoms with E-state index in [1.54, 1.807) is 30.3 Å². The second-order valence-corrected chi connectivity index (χ2v) is 11.8. The molecule has 12 nitrogen and oxygen atoms in total. The number of hydrogen-bond donors (Lipinski definition) is 2. The summed E-state index contributed by atoms with van der Waals surface area (Å²) in [4.78, 5) is 18.8. The molecule has 39 heavy (non-hydrogen) atoms. The van der Waals surface area contributed by atoms with Crippen LogP contribution in [0.2, 0.25) is 5.02 Å². The van der Waals surface area contributed by atoms with Crippen molar-refractivity contribution in [1.82, 2.24) is 24.4 Å². The highest BCUT2D eigenvalue weighted by Crippen LogP contribution is 2.35. The third kappa shape index (κ3) is 4.37. The summed E-state index contributed by atoms with van der Waals surface area (Å²) < 4.78 is 28.9. The van der Waals surface area contributed by atoms with E-state index >= 15 is 0 Å². The molecule has 4 unspecified atom stereocenters. The maximum atomic E-state index is 13.5. The largest absolute Gasteiger partial charge is 0.619 e. The number of benzene rings is 2. The van der Waals surface area contributed by atoms with Gasteiger partial charge in [-0.05, 0) is 35.0 Å². The third-order valence-electron chi connectivity index (χ3n) is 7.12. The van der Waals surface area contributed by atoms with Crippen LogP contribution in [0.25, 0.3) is 22.2 Å². The van der Waals surface area contributed by atoms with E-state index in [0.29, 0.717) is 20.7 Å². The topological polar surface area (TPSA) is 164 Å². The summed E-state index contributed by atoms with van der Waals surface area (Å²) in [6.07, 6.45) is 1.05. The van der Waals surface area contributed by atoms with E-state index in [9.17, 15) is 28.6 Å². The van der Waals surface area contributed by atoms with Crippen LogP contribution >= 0.6 is 11.6 Å². The van der Waals surface area contributed by atoms with Gasteiger partial charge in [0.05, 0.1) is 23.2 Å². The lowest BCUT2D eigenvalue weighted by atomic mass is 10.1. The minimum atomic E-state index is -4.01. The molecule has 0 aliphatic carbocycles. The average Bonchev–Trinajstić information content (AvgIpc) is 3.09. The molecule has 2 aromatic carbocycles. The summed E-state index contributed by atoms with van der Waals surface area (Å²) in [6.45, 7) is -0.445. The number of sulfonamides is 1. The van der Waals surface area contributed by atoms with Crippen LogP contribution in [0.1, 0.15) is 10.5 Å². The number of aromatic nitrogens is 4. The fourth-order valence-corrected chi connectivity index (χ4v) is 6.81. The molecule has 2 saturated heterocycles. The Morgan fingerprint density at radius 1 is 0.974 bits per heavy atom. The number of carbonyl (C=O) groups is 1. The van der Waals surface area contributed by atoms with Gasteiger partial charge in [-0.3, -0.25) is 4.79 Å². The van der Waals surface area contributed by atoms with Crippen LogP contribution in [0.15, 0.2) is 72.0 Å². The standard InChI is InChI=1S/C25H21ClN6O6S/c26-17-3-1-16-10-18(4-2-15(16)9-17)39(37,38)31-12-20-22(33)23(34)21(13-31)32(20)25(35)19-11-27-24(29-28-19)14-5-7-30(36)8-6-14/h1-11,20-23,33-34H,12-13H2. The summed E-state index contributed by atoms with van der Waals surface area (Å²) in [5, 5.41) is 42.6. The second-order valence-electron chi connectivity index (χ2n) is 9.42. The number of fused-ring (bicyclic) bond motifs is 3. The monoisotopic (exact) mass is 568 g/mol. The zero-order valence-corrected chi connectivity index (χ0v) is 21.6. The molecule has 2 bridgehead atoms. The first-order valence-electron chi connectivity index (χ1n) is 11.9. The van der Waals surface area contributed by atoms with Crippen LogP contribution in [-0.2, 0) is 10.0 Å². The fraction of sp³-hybridized carbons (Fsp3) is 0.240. The van der Waals surface area contributed by atoms with E-state index in [-0.39, 0.29) is 29.5 Å². The van der Waals surface area contributed by atoms with E-state index in [1.165, 1.54) is 46.0 Å². The quantitative estimate of drug-likeness (QED) is 0.265. The number of carbonyl (C=O) groups excluding carboxylic acids is 1. The molecule has 2 fully saturated rings. The van der Waals surface area contributed by atoms with Gasteiger partial charge in [0, 0.05) is 35.8 Å². The Bertz CT molecular complexity index is 1670. The predicted octanol–water partition coefficient (Wildman–Crippen LogP) is 0.598. The van der Waals surface area contributed by atoms with Crippen LogP contribution in [0, 0.1) is 5.21 Å². The molecule has 0 saturated carbocycles. The number of rotatable bonds is 4. The zero-order valence-electron chi connectivity index (χ0n) is 20.1. The zero-order chi connectivity index (χ0) is 27.5. The molecule has 6 rings (SSSR count). The molecule has 4 heterocycles. The molecular formula is C25H21ClN6O6S. The lowest BCUT2D eigenvalue weighted by Crippen LogP contribution is -2.59. The Morgan fingerprint density at radius 2 is 1.62 bits per heavy atom. The lowest BCUT2D eigenvalue weighted by Gasteiger charge is -2.40. The number of nitrogens with zero attached hydrogens (tertiary/aromatic N) is 6. The number of hydrogen-bond acceptors (Lipinski definition) is 9. The number of halogens is 1. The van der Waals surface area contributed by atoms with Crippen molar-refractivity contribution in [3.63, 3.8) is 0 Å². The Kier molecular flexibility index (Phi) is 6.19. The highest BCUT2D eigenvalue weighted by atomic mass is 35.5. The maximum absolute atomic E-state index is 13.5. The fourth-order valence-electron chi connectivity index (χ4n) is 5.12. The molecule has 14 heteroatoms. The van der Waals surface area contributed by atoms with Gasteiger partial charge in [-0.15, -0.1) is 10.2 Å². The van der Waals surface area contributed by atoms with Crippen molar-refractivity contribution in [2.75, 3.05) is 13.1 Å². The number of aliphatic hydroxyl groups is 2. The van der Waals surface area contributed by atoms with Crippen LogP contribution < -0.4 is 4.73 Å². The van der Waals surface area contributed by atoms with Crippen molar-refractivity contribution in [2.24, 2.45) is 0 Å². The normalized spacial score (nSPS) is 23.3. The minimum Gasteiger partial charge on any atom is -0.619 e. The molecule has 2 aliphatic heterocycles. The molecule has 4 aromatic rings. The van der Waals surface area contributed by atoms with Crippen molar-refractivity contribution >= 4 is 38.3 Å². The van der Waals surface area contributed by atoms with Crippen LogP contribution in [-0.4, -0.2) is 86.3 Å². The summed E-state index contributed by atoms with van der Waals surface area (Å²) >= 11 is 6.03. The maximum Gasteiger partial charge on any atom is 0.276 e. The first kappa shape index (κ1) is 25.5. The molecule has 0 radical (unpaired) electrons. The Balaban J connectivity index is 1.26. The van der Waals surface area contributed by atoms with E-state index in [1.807, 2.05) is 0 Å². The Morgan fingerprint density at radius 3 is 2.26 bits per heavy atom. The molecule has 200 valence electrons. The Hall–Kier alpha value is -3.75. The van der Waals surface area contributed by atoms with Crippen molar-refractivity contribution in [2.45, 2.75) is 29.2 Å². The highest BCUT2D eigenvalue weighted by molar-refractivity contribution is 7.89. The summed E-state index contributed by atoms with van der Waals surface area (Å²) in [7, 11) is -4.01. The molecule has 1 amide bonds. The van der Waals surface area contributed by atoms with Gasteiger partial charge in [0.15, 0.2) is 23.9 Å². The van der Waals surface area contributed by atoms with E-state index in [0.717, 1.165) is 5.39 Å². The summed E-state index contributed by atoms with van der Waals surface area (Å²) in [6, 6.07) is 10.8. The number of aliphatic hydroxyl groups excluding tert-OH is 2. The van der Waals surface area contributed by atoms with Gasteiger partial charge in [0.1, 0.15) is 12.2 Å². The lowest BCUT2D eigenvalue weighted by molar-refractivity contribution is -0.605. The predicted molar refractivity (Wildman–Crippen MR) is 138 cm³/mol. The third-order valence-corrected chi connectivity index (χ3v) is 9.18. The molecular weight excluding hydrogens is 548 g/mol. The van der Waals surface area contributed by atoms with E-state index < -0.39 is 40.2 Å². The average molecular weight is 569 g/mol.